The molecule has 1 aromatic carbocycles. The van der Waals surface area contributed by atoms with Gasteiger partial charge >= 0.3 is 5.97 Å². The van der Waals surface area contributed by atoms with E-state index in [9.17, 15) is 13.6 Å². The third-order valence-electron chi connectivity index (χ3n) is 2.32. The monoisotopic (exact) mass is 233 g/mol. The van der Waals surface area contributed by atoms with E-state index in [-0.39, 0.29) is 16.4 Å². The molecule has 1 heterocycles. The molecular weight excluding hydrogens is 227 g/mol. The Balaban J connectivity index is 2.73. The van der Waals surface area contributed by atoms with Gasteiger partial charge < -0.3 is 5.11 Å². The zero-order chi connectivity index (χ0) is 12.6. The Hall–Kier alpha value is -1.98. The maximum absolute atomic E-state index is 13.9. The first-order valence-electron chi connectivity index (χ1n) is 4.73. The van der Waals surface area contributed by atoms with Gasteiger partial charge in [0.15, 0.2) is 0 Å². The average molecular weight is 233 g/mol. The molecule has 0 bridgehead atoms. The first-order valence-corrected chi connectivity index (χ1v) is 4.73. The van der Waals surface area contributed by atoms with E-state index in [0.29, 0.717) is 0 Å². The van der Waals surface area contributed by atoms with Gasteiger partial charge in [0, 0.05) is 23.2 Å². The molecule has 0 aliphatic rings. The lowest BCUT2D eigenvalue weighted by atomic mass is 9.96. The number of pyridine rings is 1. The third kappa shape index (κ3) is 2.11. The van der Waals surface area contributed by atoms with Gasteiger partial charge in [-0.15, -0.1) is 0 Å². The number of benzene rings is 1. The Morgan fingerprint density at radius 2 is 2.12 bits per heavy atom. The van der Waals surface area contributed by atoms with Crippen molar-refractivity contribution in [2.75, 3.05) is 0 Å². The molecule has 17 heavy (non-hydrogen) atoms. The van der Waals surface area contributed by atoms with Crippen LogP contribution >= 0.6 is 0 Å². The highest BCUT2D eigenvalue weighted by Crippen LogP contribution is 2.22. The highest BCUT2D eigenvalue weighted by atomic mass is 19.1. The summed E-state index contributed by atoms with van der Waals surface area (Å²) in [4.78, 5) is 14.3. The van der Waals surface area contributed by atoms with E-state index in [1.165, 1.54) is 12.3 Å². The second kappa shape index (κ2) is 4.12. The number of aromatic nitrogens is 1. The maximum Gasteiger partial charge on any atom is 0.308 e. The molecule has 1 aromatic heterocycles. The van der Waals surface area contributed by atoms with Crippen LogP contribution in [-0.4, -0.2) is 23.9 Å². The summed E-state index contributed by atoms with van der Waals surface area (Å²) >= 11 is 0. The van der Waals surface area contributed by atoms with Gasteiger partial charge in [-0.05, 0) is 0 Å². The minimum Gasteiger partial charge on any atom is -0.481 e. The van der Waals surface area contributed by atoms with Crippen LogP contribution in [0.1, 0.15) is 5.56 Å². The van der Waals surface area contributed by atoms with E-state index < -0.39 is 29.6 Å². The number of carbonyl (C=O) groups is 1. The fourth-order valence-corrected chi connectivity index (χ4v) is 1.57. The second-order valence-electron chi connectivity index (χ2n) is 3.56. The zero-order valence-electron chi connectivity index (χ0n) is 8.58. The molecule has 2 aromatic rings. The van der Waals surface area contributed by atoms with Crippen molar-refractivity contribution in [3.63, 3.8) is 0 Å². The van der Waals surface area contributed by atoms with Gasteiger partial charge in [-0.2, -0.15) is 0 Å². The summed E-state index contributed by atoms with van der Waals surface area (Å²) in [6, 6.07) is 2.29. The van der Waals surface area contributed by atoms with E-state index in [1.54, 1.807) is 0 Å². The summed E-state index contributed by atoms with van der Waals surface area (Å²) in [5.74, 6) is -3.16. The van der Waals surface area contributed by atoms with Gasteiger partial charge in [-0.1, -0.05) is 11.5 Å². The predicted molar refractivity (Wildman–Crippen MR) is 58.4 cm³/mol. The SMILES string of the molecule is [B]c1cnc2cc(F)c(CC(=O)O)c(F)c2c1. The Morgan fingerprint density at radius 3 is 2.76 bits per heavy atom. The summed E-state index contributed by atoms with van der Waals surface area (Å²) in [6.07, 6.45) is 0.556. The number of nitrogens with zero attached hydrogens (tertiary/aromatic N) is 1. The largest absolute Gasteiger partial charge is 0.481 e. The summed E-state index contributed by atoms with van der Waals surface area (Å²) in [6.45, 7) is 0. The second-order valence-corrected chi connectivity index (χ2v) is 3.56. The maximum atomic E-state index is 13.9. The normalized spacial score (nSPS) is 10.7. The molecule has 0 fully saturated rings. The Labute approximate surface area is 96.5 Å². The molecule has 2 radical (unpaired) electrons. The van der Waals surface area contributed by atoms with Gasteiger partial charge in [0.05, 0.1) is 11.9 Å². The standard InChI is InChI=1S/C11H6BF2NO2/c12-5-1-7-9(15-4-5)3-8(13)6(11(7)14)2-10(16)17/h1,3-4H,2H2,(H,16,17). The number of carboxylic acid groups (broad SMARTS) is 1. The van der Waals surface area contributed by atoms with Crippen LogP contribution in [0.2, 0.25) is 0 Å². The van der Waals surface area contributed by atoms with E-state index in [2.05, 4.69) is 4.98 Å². The number of aliphatic carboxylic acids is 1. The fourth-order valence-electron chi connectivity index (χ4n) is 1.57. The smallest absolute Gasteiger partial charge is 0.308 e. The number of fused-ring (bicyclic) bond motifs is 1. The van der Waals surface area contributed by atoms with Crippen molar-refractivity contribution in [2.24, 2.45) is 0 Å². The molecule has 0 spiro atoms. The average Bonchev–Trinajstić information content (AvgIpc) is 2.25. The molecule has 0 unspecified atom stereocenters. The molecule has 0 aliphatic carbocycles. The van der Waals surface area contributed by atoms with E-state index in [1.807, 2.05) is 0 Å². The van der Waals surface area contributed by atoms with Crippen molar-refractivity contribution >= 4 is 30.2 Å². The molecule has 6 heteroatoms. The summed E-state index contributed by atoms with van der Waals surface area (Å²) in [5.41, 5.74) is -0.162. The minimum atomic E-state index is -1.31. The van der Waals surface area contributed by atoms with Gasteiger partial charge in [0.25, 0.3) is 0 Å². The van der Waals surface area contributed by atoms with Crippen molar-refractivity contribution < 1.29 is 18.7 Å². The number of halogens is 2. The highest BCUT2D eigenvalue weighted by Gasteiger charge is 2.16. The molecule has 0 aliphatic heterocycles. The molecular formula is C11H6BF2NO2. The zero-order valence-corrected chi connectivity index (χ0v) is 8.58. The van der Waals surface area contributed by atoms with Crippen molar-refractivity contribution in [2.45, 2.75) is 6.42 Å². The molecule has 0 saturated carbocycles. The summed E-state index contributed by atoms with van der Waals surface area (Å²) in [7, 11) is 5.44. The van der Waals surface area contributed by atoms with Crippen LogP contribution in [0, 0.1) is 11.6 Å². The highest BCUT2D eigenvalue weighted by molar-refractivity contribution is 6.32. The topological polar surface area (TPSA) is 50.2 Å². The van der Waals surface area contributed by atoms with Crippen LogP contribution in [0.15, 0.2) is 18.3 Å². The number of rotatable bonds is 2. The molecule has 0 saturated heterocycles. The van der Waals surface area contributed by atoms with Crippen LogP contribution in [0.25, 0.3) is 10.9 Å². The molecule has 0 atom stereocenters. The third-order valence-corrected chi connectivity index (χ3v) is 2.32. The van der Waals surface area contributed by atoms with Crippen LogP contribution in [0.5, 0.6) is 0 Å². The quantitative estimate of drug-likeness (QED) is 0.785. The summed E-state index contributed by atoms with van der Waals surface area (Å²) < 4.78 is 27.3. The predicted octanol–water partition coefficient (Wildman–Crippen LogP) is 0.934. The number of hydrogen-bond acceptors (Lipinski definition) is 2. The van der Waals surface area contributed by atoms with Crippen molar-refractivity contribution in [3.8, 4) is 0 Å². The molecule has 84 valence electrons. The first-order chi connectivity index (χ1) is 7.99. The lowest BCUT2D eigenvalue weighted by Crippen LogP contribution is -2.08. The van der Waals surface area contributed by atoms with Crippen LogP contribution < -0.4 is 5.46 Å². The Kier molecular flexibility index (Phi) is 2.79. The van der Waals surface area contributed by atoms with Gasteiger partial charge in [0.2, 0.25) is 0 Å². The van der Waals surface area contributed by atoms with Crippen molar-refractivity contribution in [1.82, 2.24) is 4.98 Å². The Bertz CT molecular complexity index is 616. The summed E-state index contributed by atoms with van der Waals surface area (Å²) in [5, 5.41) is 8.59. The van der Waals surface area contributed by atoms with Crippen LogP contribution in [-0.2, 0) is 11.2 Å². The fraction of sp³-hybridized carbons (Fsp3) is 0.0909. The van der Waals surface area contributed by atoms with Crippen molar-refractivity contribution in [3.05, 3.63) is 35.5 Å². The van der Waals surface area contributed by atoms with Crippen LogP contribution in [0.4, 0.5) is 8.78 Å². The van der Waals surface area contributed by atoms with E-state index in [4.69, 9.17) is 13.0 Å². The van der Waals surface area contributed by atoms with E-state index in [0.717, 1.165) is 6.07 Å². The first kappa shape index (κ1) is 11.5. The van der Waals surface area contributed by atoms with Crippen molar-refractivity contribution in [1.29, 1.82) is 0 Å². The lowest BCUT2D eigenvalue weighted by molar-refractivity contribution is -0.136. The lowest BCUT2D eigenvalue weighted by Gasteiger charge is -2.06. The molecule has 0 amide bonds. The number of hydrogen-bond donors (Lipinski definition) is 1. The van der Waals surface area contributed by atoms with Gasteiger partial charge in [-0.3, -0.25) is 9.78 Å². The molecule has 1 N–H and O–H groups in total. The van der Waals surface area contributed by atoms with E-state index >= 15 is 0 Å². The molecule has 2 rings (SSSR count). The van der Waals surface area contributed by atoms with Gasteiger partial charge in [0.1, 0.15) is 19.5 Å². The van der Waals surface area contributed by atoms with Crippen LogP contribution in [0.3, 0.4) is 0 Å². The molecule has 3 nitrogen and oxygen atoms in total. The number of carboxylic acids is 1. The Morgan fingerprint density at radius 1 is 1.41 bits per heavy atom. The van der Waals surface area contributed by atoms with Gasteiger partial charge in [-0.25, -0.2) is 8.78 Å². The minimum absolute atomic E-state index is 0.0163.